The molecule has 13 heteroatoms. The van der Waals surface area contributed by atoms with Gasteiger partial charge in [-0.3, -0.25) is 9.59 Å². The Morgan fingerprint density at radius 2 is 1.70 bits per heavy atom. The Bertz CT molecular complexity index is 1170. The van der Waals surface area contributed by atoms with Crippen molar-refractivity contribution in [1.82, 2.24) is 25.3 Å². The molecule has 12 nitrogen and oxygen atoms in total. The van der Waals surface area contributed by atoms with Gasteiger partial charge in [-0.1, -0.05) is 12.1 Å². The standard InChI is InChI=1S/C20H21N7O5.Na/c21-16-15-17(27-20(22)26-16)23-9-12(24-15)6-3-10-1-4-11(5-2-10)18(30)25-13(19(31)32)7-8-14(28)29;/h1-2,4-5,9,13H,3,6-8H2,(H,25,30)(H,28,29)(H,31,32)(H4,21,22,23,26,27);/q;+1. The van der Waals surface area contributed by atoms with Gasteiger partial charge in [0.2, 0.25) is 5.95 Å². The Balaban J connectivity index is 0.00000385. The Hall–Kier alpha value is -3.35. The first-order chi connectivity index (χ1) is 15.2. The summed E-state index contributed by atoms with van der Waals surface area (Å²) < 4.78 is 0. The van der Waals surface area contributed by atoms with E-state index in [4.69, 9.17) is 21.7 Å². The number of nitrogens with zero attached hydrogens (tertiary/aromatic N) is 4. The van der Waals surface area contributed by atoms with E-state index >= 15 is 0 Å². The quantitative estimate of drug-likeness (QED) is 0.209. The number of fused-ring (bicyclic) bond motifs is 1. The second-order valence-corrected chi connectivity index (χ2v) is 6.99. The Kier molecular flexibility index (Phi) is 9.02. The summed E-state index contributed by atoms with van der Waals surface area (Å²) in [5, 5.41) is 20.2. The first-order valence-electron chi connectivity index (χ1n) is 9.62. The number of carbonyl (C=O) groups excluding carboxylic acids is 1. The van der Waals surface area contributed by atoms with Crippen LogP contribution in [0.25, 0.3) is 11.2 Å². The van der Waals surface area contributed by atoms with Gasteiger partial charge in [0.15, 0.2) is 17.0 Å². The summed E-state index contributed by atoms with van der Waals surface area (Å²) in [6, 6.07) is 5.35. The normalized spacial score (nSPS) is 11.4. The molecule has 0 saturated carbocycles. The summed E-state index contributed by atoms with van der Waals surface area (Å²) in [7, 11) is 0. The van der Waals surface area contributed by atoms with Crippen LogP contribution in [0.5, 0.6) is 0 Å². The van der Waals surface area contributed by atoms with Crippen molar-refractivity contribution in [1.29, 1.82) is 0 Å². The SMILES string of the molecule is Nc1nc(N)c2nc(CCc3ccc(C(=O)NC(CCC(=O)O)C(=O)O)cc3)cnc2n1.[Na+]. The van der Waals surface area contributed by atoms with Crippen molar-refractivity contribution in [3.63, 3.8) is 0 Å². The Morgan fingerprint density at radius 3 is 2.33 bits per heavy atom. The average Bonchev–Trinajstić information content (AvgIpc) is 2.75. The van der Waals surface area contributed by atoms with E-state index in [1.54, 1.807) is 30.5 Å². The Morgan fingerprint density at radius 1 is 1.00 bits per heavy atom. The van der Waals surface area contributed by atoms with E-state index < -0.39 is 23.9 Å². The third kappa shape index (κ3) is 7.07. The van der Waals surface area contributed by atoms with Crippen LogP contribution in [0.15, 0.2) is 30.5 Å². The first kappa shape index (κ1) is 25.9. The predicted octanol–water partition coefficient (Wildman–Crippen LogP) is -2.58. The number of carboxylic acids is 2. The molecular formula is C20H21N7NaO5+. The fourth-order valence-corrected chi connectivity index (χ4v) is 2.97. The van der Waals surface area contributed by atoms with Gasteiger partial charge in [-0.05, 0) is 37.0 Å². The largest absolute Gasteiger partial charge is 1.00 e. The van der Waals surface area contributed by atoms with E-state index in [-0.39, 0.29) is 59.7 Å². The molecule has 0 radical (unpaired) electrons. The molecule has 2 heterocycles. The van der Waals surface area contributed by atoms with Gasteiger partial charge in [0.25, 0.3) is 5.91 Å². The van der Waals surface area contributed by atoms with Crippen LogP contribution in [0, 0.1) is 0 Å². The molecule has 1 unspecified atom stereocenters. The van der Waals surface area contributed by atoms with Gasteiger partial charge in [-0.15, -0.1) is 0 Å². The molecule has 0 bridgehead atoms. The average molecular weight is 462 g/mol. The van der Waals surface area contributed by atoms with Gasteiger partial charge in [0, 0.05) is 12.0 Å². The minimum Gasteiger partial charge on any atom is -0.481 e. The molecule has 1 atom stereocenters. The molecule has 33 heavy (non-hydrogen) atoms. The minimum atomic E-state index is -1.29. The molecule has 2 aromatic heterocycles. The van der Waals surface area contributed by atoms with Crippen LogP contribution in [0.4, 0.5) is 11.8 Å². The van der Waals surface area contributed by atoms with Crippen LogP contribution in [0.3, 0.4) is 0 Å². The summed E-state index contributed by atoms with van der Waals surface area (Å²) in [4.78, 5) is 50.7. The topological polar surface area (TPSA) is 207 Å². The summed E-state index contributed by atoms with van der Waals surface area (Å²) in [6.45, 7) is 0. The summed E-state index contributed by atoms with van der Waals surface area (Å²) in [5.41, 5.74) is 13.9. The number of anilines is 2. The maximum atomic E-state index is 12.3. The smallest absolute Gasteiger partial charge is 0.481 e. The minimum absolute atomic E-state index is 0. The van der Waals surface area contributed by atoms with E-state index in [2.05, 4.69) is 25.3 Å². The molecule has 166 valence electrons. The van der Waals surface area contributed by atoms with Crippen molar-refractivity contribution in [3.8, 4) is 0 Å². The van der Waals surface area contributed by atoms with Crippen molar-refractivity contribution < 1.29 is 54.2 Å². The molecule has 3 rings (SSSR count). The first-order valence-corrected chi connectivity index (χ1v) is 9.62. The number of benzene rings is 1. The van der Waals surface area contributed by atoms with Crippen molar-refractivity contribution >= 4 is 40.8 Å². The maximum Gasteiger partial charge on any atom is 1.00 e. The fraction of sp³-hybridized carbons (Fsp3) is 0.250. The number of rotatable bonds is 9. The van der Waals surface area contributed by atoms with Crippen molar-refractivity contribution in [3.05, 3.63) is 47.3 Å². The van der Waals surface area contributed by atoms with Crippen LogP contribution in [0.1, 0.15) is 34.5 Å². The zero-order chi connectivity index (χ0) is 23.3. The number of nitrogen functional groups attached to an aromatic ring is 2. The van der Waals surface area contributed by atoms with Gasteiger partial charge in [0.05, 0.1) is 11.9 Å². The van der Waals surface area contributed by atoms with E-state index in [1.807, 2.05) is 0 Å². The fourth-order valence-electron chi connectivity index (χ4n) is 2.97. The number of aromatic nitrogens is 4. The molecule has 0 spiro atoms. The van der Waals surface area contributed by atoms with Gasteiger partial charge >= 0.3 is 41.5 Å². The zero-order valence-corrected chi connectivity index (χ0v) is 19.9. The molecule has 1 amide bonds. The van der Waals surface area contributed by atoms with Gasteiger partial charge < -0.3 is 27.0 Å². The van der Waals surface area contributed by atoms with Crippen LogP contribution in [-0.4, -0.2) is 54.0 Å². The molecule has 0 fully saturated rings. The number of amides is 1. The maximum absolute atomic E-state index is 12.3. The Labute approximate surface area is 210 Å². The second kappa shape index (κ2) is 11.5. The summed E-state index contributed by atoms with van der Waals surface area (Å²) in [6.07, 6.45) is 2.17. The number of aliphatic carboxylic acids is 2. The van der Waals surface area contributed by atoms with E-state index in [0.29, 0.717) is 29.7 Å². The van der Waals surface area contributed by atoms with Crippen LogP contribution in [0.2, 0.25) is 0 Å². The number of hydrogen-bond donors (Lipinski definition) is 5. The van der Waals surface area contributed by atoms with Crippen LogP contribution < -0.4 is 46.3 Å². The molecule has 0 aliphatic heterocycles. The summed E-state index contributed by atoms with van der Waals surface area (Å²) in [5.74, 6) is -2.84. The van der Waals surface area contributed by atoms with E-state index in [0.717, 1.165) is 5.56 Å². The monoisotopic (exact) mass is 462 g/mol. The zero-order valence-electron chi connectivity index (χ0n) is 17.9. The number of carbonyl (C=O) groups is 3. The van der Waals surface area contributed by atoms with Crippen LogP contribution >= 0.6 is 0 Å². The molecule has 7 N–H and O–H groups in total. The number of hydrogen-bond acceptors (Lipinski definition) is 9. The molecule has 0 saturated heterocycles. The molecule has 3 aromatic rings. The molecule has 1 aromatic carbocycles. The number of nitrogens with two attached hydrogens (primary N) is 2. The number of aryl methyl sites for hydroxylation is 2. The van der Waals surface area contributed by atoms with Crippen molar-refractivity contribution in [2.45, 2.75) is 31.7 Å². The van der Waals surface area contributed by atoms with Gasteiger partial charge in [-0.2, -0.15) is 9.97 Å². The molecule has 0 aliphatic carbocycles. The van der Waals surface area contributed by atoms with Crippen molar-refractivity contribution in [2.75, 3.05) is 11.5 Å². The van der Waals surface area contributed by atoms with Gasteiger partial charge in [-0.25, -0.2) is 14.8 Å². The molecule has 0 aliphatic rings. The predicted molar refractivity (Wildman–Crippen MR) is 114 cm³/mol. The molecular weight excluding hydrogens is 441 g/mol. The van der Waals surface area contributed by atoms with E-state index in [9.17, 15) is 14.4 Å². The number of carboxylic acid groups (broad SMARTS) is 2. The van der Waals surface area contributed by atoms with E-state index in [1.165, 1.54) is 0 Å². The third-order valence-corrected chi connectivity index (χ3v) is 4.64. The third-order valence-electron chi connectivity index (χ3n) is 4.64. The summed E-state index contributed by atoms with van der Waals surface area (Å²) >= 11 is 0. The number of nitrogens with one attached hydrogen (secondary N) is 1. The van der Waals surface area contributed by atoms with Gasteiger partial charge in [0.1, 0.15) is 6.04 Å². The van der Waals surface area contributed by atoms with Crippen molar-refractivity contribution in [2.24, 2.45) is 0 Å². The second-order valence-electron chi connectivity index (χ2n) is 6.99. The van der Waals surface area contributed by atoms with Crippen LogP contribution in [-0.2, 0) is 22.4 Å².